The van der Waals surface area contributed by atoms with Crippen molar-refractivity contribution in [3.63, 3.8) is 0 Å². The molecule has 0 aromatic rings. The van der Waals surface area contributed by atoms with Crippen molar-refractivity contribution < 1.29 is 28.6 Å². The Kier molecular flexibility index (Phi) is 49.1. The van der Waals surface area contributed by atoms with Gasteiger partial charge in [0.25, 0.3) is 0 Å². The molecule has 0 saturated heterocycles. The lowest BCUT2D eigenvalue weighted by Crippen LogP contribution is -2.30. The number of carbonyl (C=O) groups is 3. The number of allylic oxidation sites excluding steroid dienone is 20. The molecule has 0 aliphatic heterocycles. The molecule has 0 heterocycles. The van der Waals surface area contributed by atoms with Crippen molar-refractivity contribution in [1.29, 1.82) is 0 Å². The van der Waals surface area contributed by atoms with Gasteiger partial charge in [-0.1, -0.05) is 187 Å². The molecule has 366 valence electrons. The van der Waals surface area contributed by atoms with Crippen LogP contribution in [0.2, 0.25) is 0 Å². The Balaban J connectivity index is 4.59. The standard InChI is InChI=1S/C59H94O6/c1-4-7-10-13-16-19-22-25-28-29-32-34-37-40-43-46-49-52-58(61)64-55-56(65-59(62)53-50-47-44-41-38-35-31-27-24-21-18-15-12-9-6-3)54-63-57(60)51-48-45-42-39-36-33-30-26-23-20-17-14-11-8-5-2/h8,11,16-21,25-28,30-32,34,36,39-40,43,56H,4-7,9-10,12-15,22-24,29,33,35,37-38,41-42,44-55H2,1-3H3/b11-8-,19-16-,20-17-,21-18-,28-25-,30-26-,31-27-,34-32-,39-36-,43-40-/t56-/m1/s1. The topological polar surface area (TPSA) is 78.9 Å². The van der Waals surface area contributed by atoms with Gasteiger partial charge in [0.05, 0.1) is 0 Å². The molecule has 0 N–H and O–H groups in total. The van der Waals surface area contributed by atoms with Gasteiger partial charge in [-0.05, 0) is 128 Å². The molecule has 0 unspecified atom stereocenters. The molecule has 6 heteroatoms. The van der Waals surface area contributed by atoms with Crippen LogP contribution in [-0.2, 0) is 28.6 Å². The summed E-state index contributed by atoms with van der Waals surface area (Å²) in [6.45, 7) is 6.35. The summed E-state index contributed by atoms with van der Waals surface area (Å²) < 4.78 is 16.7. The summed E-state index contributed by atoms with van der Waals surface area (Å²) in [7, 11) is 0. The van der Waals surface area contributed by atoms with Crippen LogP contribution in [0.5, 0.6) is 0 Å². The van der Waals surface area contributed by atoms with Crippen LogP contribution in [0.15, 0.2) is 122 Å². The average Bonchev–Trinajstić information content (AvgIpc) is 3.30. The van der Waals surface area contributed by atoms with Crippen molar-refractivity contribution in [3.8, 4) is 0 Å². The van der Waals surface area contributed by atoms with Crippen molar-refractivity contribution in [3.05, 3.63) is 122 Å². The quantitative estimate of drug-likeness (QED) is 0.0262. The van der Waals surface area contributed by atoms with E-state index in [0.29, 0.717) is 12.8 Å². The first-order valence-corrected chi connectivity index (χ1v) is 26.0. The maximum Gasteiger partial charge on any atom is 0.306 e. The molecule has 0 rings (SSSR count). The van der Waals surface area contributed by atoms with E-state index in [1.165, 1.54) is 51.4 Å². The summed E-state index contributed by atoms with van der Waals surface area (Å²) in [5, 5.41) is 0. The molecule has 6 nitrogen and oxygen atoms in total. The molecule has 0 saturated carbocycles. The molecule has 0 aliphatic carbocycles. The predicted octanol–water partition coefficient (Wildman–Crippen LogP) is 17.3. The fourth-order valence-corrected chi connectivity index (χ4v) is 6.51. The van der Waals surface area contributed by atoms with Gasteiger partial charge in [-0.15, -0.1) is 0 Å². The maximum absolute atomic E-state index is 12.8. The number of unbranched alkanes of at least 4 members (excludes halogenated alkanes) is 14. The highest BCUT2D eigenvalue weighted by atomic mass is 16.6. The van der Waals surface area contributed by atoms with Crippen molar-refractivity contribution in [2.75, 3.05) is 13.2 Å². The van der Waals surface area contributed by atoms with Crippen LogP contribution in [0.25, 0.3) is 0 Å². The zero-order chi connectivity index (χ0) is 47.2. The maximum atomic E-state index is 12.8. The summed E-state index contributed by atoms with van der Waals surface area (Å²) in [5.41, 5.74) is 0. The van der Waals surface area contributed by atoms with E-state index in [1.807, 2.05) is 0 Å². The van der Waals surface area contributed by atoms with Gasteiger partial charge in [0.1, 0.15) is 13.2 Å². The van der Waals surface area contributed by atoms with E-state index in [4.69, 9.17) is 14.2 Å². The number of ether oxygens (including phenoxy) is 3. The van der Waals surface area contributed by atoms with E-state index >= 15 is 0 Å². The molecule has 0 aliphatic rings. The second kappa shape index (κ2) is 52.4. The normalized spacial score (nSPS) is 13.1. The summed E-state index contributed by atoms with van der Waals surface area (Å²) in [6.07, 6.45) is 71.8. The van der Waals surface area contributed by atoms with Gasteiger partial charge in [0.15, 0.2) is 6.10 Å². The van der Waals surface area contributed by atoms with Gasteiger partial charge in [-0.25, -0.2) is 0 Å². The Morgan fingerprint density at radius 2 is 0.615 bits per heavy atom. The molecule has 1 atom stereocenters. The highest BCUT2D eigenvalue weighted by Crippen LogP contribution is 2.12. The van der Waals surface area contributed by atoms with Crippen LogP contribution < -0.4 is 0 Å². The lowest BCUT2D eigenvalue weighted by Gasteiger charge is -2.18. The first-order valence-electron chi connectivity index (χ1n) is 26.0. The van der Waals surface area contributed by atoms with Gasteiger partial charge >= 0.3 is 17.9 Å². The Morgan fingerprint density at radius 3 is 1.03 bits per heavy atom. The SMILES string of the molecule is CC/C=C\C/C=C\C/C=C\C/C=C\CCCCC(=O)OC[C@H](COC(=O)CCC/C=C\C/C=C\C/C=C\C/C=C\CCCCC)OC(=O)CCCCCCC/C=C\C/C=C\CCCCC. The van der Waals surface area contributed by atoms with E-state index < -0.39 is 6.10 Å². The van der Waals surface area contributed by atoms with Crippen molar-refractivity contribution >= 4 is 17.9 Å². The van der Waals surface area contributed by atoms with Crippen LogP contribution in [0.3, 0.4) is 0 Å². The largest absolute Gasteiger partial charge is 0.462 e. The van der Waals surface area contributed by atoms with E-state index in [-0.39, 0.29) is 50.4 Å². The highest BCUT2D eigenvalue weighted by Gasteiger charge is 2.19. The molecule has 0 fully saturated rings. The zero-order valence-electron chi connectivity index (χ0n) is 41.7. The first-order chi connectivity index (χ1) is 32.0. The molecule has 0 aromatic carbocycles. The third kappa shape index (κ3) is 50.7. The van der Waals surface area contributed by atoms with Crippen molar-refractivity contribution in [2.24, 2.45) is 0 Å². The second-order valence-corrected chi connectivity index (χ2v) is 16.7. The Morgan fingerprint density at radius 1 is 0.323 bits per heavy atom. The van der Waals surface area contributed by atoms with Crippen molar-refractivity contribution in [2.45, 2.75) is 219 Å². The Labute approximate surface area is 399 Å². The second-order valence-electron chi connectivity index (χ2n) is 16.7. The molecule has 65 heavy (non-hydrogen) atoms. The number of hydrogen-bond donors (Lipinski definition) is 0. The summed E-state index contributed by atoms with van der Waals surface area (Å²) >= 11 is 0. The molecule has 0 spiro atoms. The fraction of sp³-hybridized carbons (Fsp3) is 0.610. The monoisotopic (exact) mass is 899 g/mol. The van der Waals surface area contributed by atoms with Crippen LogP contribution in [0, 0.1) is 0 Å². The predicted molar refractivity (Wildman–Crippen MR) is 279 cm³/mol. The molecule has 0 bridgehead atoms. The van der Waals surface area contributed by atoms with E-state index in [9.17, 15) is 14.4 Å². The van der Waals surface area contributed by atoms with Gasteiger partial charge in [0, 0.05) is 19.3 Å². The smallest absolute Gasteiger partial charge is 0.306 e. The third-order valence-corrected chi connectivity index (χ3v) is 10.4. The highest BCUT2D eigenvalue weighted by molar-refractivity contribution is 5.71. The zero-order valence-corrected chi connectivity index (χ0v) is 41.7. The molecular formula is C59H94O6. The van der Waals surface area contributed by atoms with Crippen LogP contribution >= 0.6 is 0 Å². The van der Waals surface area contributed by atoms with E-state index in [0.717, 1.165) is 109 Å². The van der Waals surface area contributed by atoms with Gasteiger partial charge < -0.3 is 14.2 Å². The average molecular weight is 899 g/mol. The van der Waals surface area contributed by atoms with E-state index in [1.54, 1.807) is 0 Å². The molecule has 0 amide bonds. The number of esters is 3. The molecular weight excluding hydrogens is 805 g/mol. The fourth-order valence-electron chi connectivity index (χ4n) is 6.51. The summed E-state index contributed by atoms with van der Waals surface area (Å²) in [5.74, 6) is -1.04. The molecule has 0 aromatic heterocycles. The number of rotatable bonds is 45. The Bertz CT molecular complexity index is 1400. The lowest BCUT2D eigenvalue weighted by atomic mass is 10.1. The summed E-state index contributed by atoms with van der Waals surface area (Å²) in [6, 6.07) is 0. The van der Waals surface area contributed by atoms with Gasteiger partial charge in [-0.3, -0.25) is 14.4 Å². The van der Waals surface area contributed by atoms with Gasteiger partial charge in [-0.2, -0.15) is 0 Å². The summed E-state index contributed by atoms with van der Waals surface area (Å²) in [4.78, 5) is 38.0. The molecule has 0 radical (unpaired) electrons. The minimum absolute atomic E-state index is 0.126. The third-order valence-electron chi connectivity index (χ3n) is 10.4. The van der Waals surface area contributed by atoms with Crippen molar-refractivity contribution in [1.82, 2.24) is 0 Å². The van der Waals surface area contributed by atoms with Crippen LogP contribution in [0.4, 0.5) is 0 Å². The minimum Gasteiger partial charge on any atom is -0.462 e. The first kappa shape index (κ1) is 60.8. The Hall–Kier alpha value is -4.19. The number of carbonyl (C=O) groups excluding carboxylic acids is 3. The lowest BCUT2D eigenvalue weighted by molar-refractivity contribution is -0.167. The minimum atomic E-state index is -0.828. The van der Waals surface area contributed by atoms with Gasteiger partial charge in [0.2, 0.25) is 0 Å². The van der Waals surface area contributed by atoms with E-state index in [2.05, 4.69) is 142 Å². The van der Waals surface area contributed by atoms with Crippen LogP contribution in [-0.4, -0.2) is 37.2 Å². The van der Waals surface area contributed by atoms with Crippen LogP contribution in [0.1, 0.15) is 213 Å². The number of hydrogen-bond acceptors (Lipinski definition) is 6.